The van der Waals surface area contributed by atoms with E-state index >= 15 is 0 Å². The molecule has 3 aromatic rings. The van der Waals surface area contributed by atoms with E-state index in [0.717, 1.165) is 35.0 Å². The Bertz CT molecular complexity index is 1140. The van der Waals surface area contributed by atoms with Crippen LogP contribution in [0.5, 0.6) is 6.01 Å². The Hall–Kier alpha value is -2.82. The minimum absolute atomic E-state index is 0.0518. The van der Waals surface area contributed by atoms with Crippen molar-refractivity contribution in [2.45, 2.75) is 31.5 Å². The third-order valence-electron chi connectivity index (χ3n) is 6.51. The maximum Gasteiger partial charge on any atom is 0.320 e. The van der Waals surface area contributed by atoms with Gasteiger partial charge in [0.2, 0.25) is 0 Å². The largest absolute Gasteiger partial charge is 0.467 e. The number of morpholine rings is 1. The lowest BCUT2D eigenvalue weighted by molar-refractivity contribution is 0.00333. The van der Waals surface area contributed by atoms with Crippen molar-refractivity contribution in [3.8, 4) is 11.8 Å². The normalized spacial score (nSPS) is 23.8. The number of fused-ring (bicyclic) bond motifs is 1. The van der Waals surface area contributed by atoms with Gasteiger partial charge in [-0.15, -0.1) is 0 Å². The number of anilines is 1. The molecule has 0 bridgehead atoms. The molecular formula is C23H29FN6O3. The lowest BCUT2D eigenvalue weighted by atomic mass is 9.85. The first kappa shape index (κ1) is 22.0. The van der Waals surface area contributed by atoms with E-state index in [1.54, 1.807) is 10.9 Å². The Morgan fingerprint density at radius 2 is 2.12 bits per heavy atom. The van der Waals surface area contributed by atoms with Gasteiger partial charge < -0.3 is 24.8 Å². The monoisotopic (exact) mass is 456 g/mol. The number of alkyl halides is 1. The van der Waals surface area contributed by atoms with Gasteiger partial charge in [0.1, 0.15) is 12.0 Å². The molecule has 2 saturated heterocycles. The second-order valence-corrected chi connectivity index (χ2v) is 8.63. The van der Waals surface area contributed by atoms with E-state index in [0.29, 0.717) is 37.9 Å². The van der Waals surface area contributed by atoms with Crippen LogP contribution in [0.15, 0.2) is 24.4 Å². The van der Waals surface area contributed by atoms with Gasteiger partial charge >= 0.3 is 6.01 Å². The molecule has 4 heterocycles. The fraction of sp³-hybridized carbons (Fsp3) is 0.522. The van der Waals surface area contributed by atoms with Crippen molar-refractivity contribution in [1.82, 2.24) is 25.1 Å². The van der Waals surface area contributed by atoms with E-state index in [2.05, 4.69) is 26.4 Å². The first-order valence-electron chi connectivity index (χ1n) is 11.3. The van der Waals surface area contributed by atoms with Crippen molar-refractivity contribution >= 4 is 16.7 Å². The average Bonchev–Trinajstić information content (AvgIpc) is 3.26. The van der Waals surface area contributed by atoms with Crippen molar-refractivity contribution in [3.05, 3.63) is 35.5 Å². The number of piperidine rings is 1. The van der Waals surface area contributed by atoms with Gasteiger partial charge in [0.25, 0.3) is 0 Å². The minimum Gasteiger partial charge on any atom is -0.467 e. The van der Waals surface area contributed by atoms with Crippen LogP contribution in [0, 0.1) is 6.92 Å². The van der Waals surface area contributed by atoms with Crippen LogP contribution in [0.2, 0.25) is 0 Å². The molecule has 2 N–H and O–H groups in total. The first-order valence-corrected chi connectivity index (χ1v) is 11.3. The molecule has 33 heavy (non-hydrogen) atoms. The summed E-state index contributed by atoms with van der Waals surface area (Å²) in [5.41, 5.74) is 2.95. The molecule has 1 aromatic carbocycles. The number of nitrogens with one attached hydrogen (secondary N) is 1. The molecule has 0 saturated carbocycles. The summed E-state index contributed by atoms with van der Waals surface area (Å²) >= 11 is 0. The number of hydrogen-bond donors (Lipinski definition) is 2. The molecule has 0 unspecified atom stereocenters. The summed E-state index contributed by atoms with van der Waals surface area (Å²) in [6, 6.07) is 6.20. The van der Waals surface area contributed by atoms with Gasteiger partial charge in [0.05, 0.1) is 38.1 Å². The highest BCUT2D eigenvalue weighted by Gasteiger charge is 2.28. The van der Waals surface area contributed by atoms with Crippen LogP contribution in [0.3, 0.4) is 0 Å². The Kier molecular flexibility index (Phi) is 6.13. The zero-order valence-electron chi connectivity index (χ0n) is 18.9. The first-order chi connectivity index (χ1) is 16.1. The van der Waals surface area contributed by atoms with Crippen LogP contribution < -0.4 is 15.0 Å². The average molecular weight is 457 g/mol. The number of halogens is 1. The number of aryl methyl sites for hydroxylation is 1. The summed E-state index contributed by atoms with van der Waals surface area (Å²) in [7, 11) is 1.53. The van der Waals surface area contributed by atoms with Gasteiger partial charge in [-0.05, 0) is 43.1 Å². The van der Waals surface area contributed by atoms with Crippen molar-refractivity contribution in [1.29, 1.82) is 0 Å². The van der Waals surface area contributed by atoms with Crippen LogP contribution in [-0.2, 0) is 4.74 Å². The number of ether oxygens (including phenoxy) is 2. The van der Waals surface area contributed by atoms with Gasteiger partial charge in [-0.3, -0.25) is 0 Å². The molecule has 0 amide bonds. The van der Waals surface area contributed by atoms with Crippen molar-refractivity contribution in [3.63, 3.8) is 0 Å². The van der Waals surface area contributed by atoms with E-state index in [1.165, 1.54) is 7.11 Å². The molecule has 0 aliphatic carbocycles. The van der Waals surface area contributed by atoms with E-state index in [9.17, 15) is 9.50 Å². The van der Waals surface area contributed by atoms with Gasteiger partial charge in [0, 0.05) is 37.0 Å². The maximum atomic E-state index is 14.7. The van der Waals surface area contributed by atoms with Crippen molar-refractivity contribution in [2.24, 2.45) is 0 Å². The smallest absolute Gasteiger partial charge is 0.320 e. The molecule has 2 aromatic heterocycles. The van der Waals surface area contributed by atoms with E-state index in [4.69, 9.17) is 9.47 Å². The predicted octanol–water partition coefficient (Wildman–Crippen LogP) is 1.75. The van der Waals surface area contributed by atoms with Crippen LogP contribution in [0.25, 0.3) is 16.7 Å². The summed E-state index contributed by atoms with van der Waals surface area (Å²) in [4.78, 5) is 11.1. The molecule has 2 fully saturated rings. The zero-order valence-corrected chi connectivity index (χ0v) is 18.9. The summed E-state index contributed by atoms with van der Waals surface area (Å²) < 4.78 is 27.4. The van der Waals surface area contributed by atoms with Gasteiger partial charge in [-0.25, -0.2) is 9.07 Å². The number of benzene rings is 1. The number of rotatable bonds is 5. The Labute approximate surface area is 191 Å². The Morgan fingerprint density at radius 1 is 1.27 bits per heavy atom. The van der Waals surface area contributed by atoms with Gasteiger partial charge in [-0.2, -0.15) is 15.1 Å². The highest BCUT2D eigenvalue weighted by Crippen LogP contribution is 2.33. The number of nitrogens with zero attached hydrogens (tertiary/aromatic N) is 5. The highest BCUT2D eigenvalue weighted by atomic mass is 19.1. The van der Waals surface area contributed by atoms with Gasteiger partial charge in [-0.1, -0.05) is 0 Å². The minimum atomic E-state index is -0.919. The maximum absolute atomic E-state index is 14.7. The Morgan fingerprint density at radius 3 is 2.91 bits per heavy atom. The summed E-state index contributed by atoms with van der Waals surface area (Å²) in [5, 5.41) is 18.2. The number of aliphatic hydroxyl groups is 1. The lowest BCUT2D eigenvalue weighted by Gasteiger charge is -2.33. The third kappa shape index (κ3) is 4.25. The summed E-state index contributed by atoms with van der Waals surface area (Å²) in [5.74, 6) is 1.10. The number of methoxy groups -OCH3 is 1. The van der Waals surface area contributed by atoms with Crippen molar-refractivity contribution in [2.75, 3.05) is 51.4 Å². The van der Waals surface area contributed by atoms with E-state index < -0.39 is 6.17 Å². The van der Waals surface area contributed by atoms with Crippen LogP contribution in [-0.4, -0.2) is 83.6 Å². The number of aliphatic hydroxyl groups excluding tert-OH is 1. The lowest BCUT2D eigenvalue weighted by Crippen LogP contribution is -2.44. The van der Waals surface area contributed by atoms with Crippen molar-refractivity contribution < 1.29 is 19.0 Å². The highest BCUT2D eigenvalue weighted by molar-refractivity contribution is 5.82. The van der Waals surface area contributed by atoms with Crippen LogP contribution in [0.4, 0.5) is 10.2 Å². The summed E-state index contributed by atoms with van der Waals surface area (Å²) in [6.07, 6.45) is 1.37. The Balaban J connectivity index is 1.56. The molecule has 176 valence electrons. The molecular weight excluding hydrogens is 427 g/mol. The molecule has 2 aliphatic rings. The van der Waals surface area contributed by atoms with Crippen LogP contribution >= 0.6 is 0 Å². The molecule has 3 atom stereocenters. The molecule has 2 aliphatic heterocycles. The quantitative estimate of drug-likeness (QED) is 0.599. The molecule has 0 radical (unpaired) electrons. The zero-order chi connectivity index (χ0) is 22.9. The second kappa shape index (κ2) is 9.20. The van der Waals surface area contributed by atoms with E-state index in [-0.39, 0.29) is 24.6 Å². The van der Waals surface area contributed by atoms with Gasteiger partial charge in [0.15, 0.2) is 5.82 Å². The predicted molar refractivity (Wildman–Crippen MR) is 122 cm³/mol. The second-order valence-electron chi connectivity index (χ2n) is 8.63. The molecule has 10 heteroatoms. The standard InChI is InChI=1S/C23H29FN6O3/c1-14-7-15-10-26-30(20(15)8-18(14)17-3-4-25-11-19(17)24)22-9-21(27-23(28-22)32-2)29-5-6-33-16(12-29)13-31/h7-10,16-17,19,25,31H,3-6,11-13H2,1-2H3/t16-,17-,19-/m0/s1. The fourth-order valence-electron chi connectivity index (χ4n) is 4.76. The summed E-state index contributed by atoms with van der Waals surface area (Å²) in [6.45, 7) is 4.83. The molecule has 5 rings (SSSR count). The number of aromatic nitrogens is 4. The molecule has 9 nitrogen and oxygen atoms in total. The SMILES string of the molecule is COc1nc(N2CCO[C@H](CO)C2)cc(-n2ncc3cc(C)c([C@@H]4CCNC[C@@H]4F)cc32)n1. The van der Waals surface area contributed by atoms with E-state index in [1.807, 2.05) is 24.0 Å². The number of hydrogen-bond acceptors (Lipinski definition) is 8. The fourth-order valence-corrected chi connectivity index (χ4v) is 4.76. The topological polar surface area (TPSA) is 97.6 Å². The third-order valence-corrected chi connectivity index (χ3v) is 6.51. The molecule has 0 spiro atoms. The van der Waals surface area contributed by atoms with Crippen LogP contribution in [0.1, 0.15) is 23.5 Å².